The minimum Gasteiger partial charge on any atom is -0.434 e. The monoisotopic (exact) mass is 482 g/mol. The molecule has 3 N–H and O–H groups in total. The molecule has 1 aromatic heterocycles. The fourth-order valence-electron chi connectivity index (χ4n) is 3.95. The quantitative estimate of drug-likeness (QED) is 0.453. The van der Waals surface area contributed by atoms with Gasteiger partial charge < -0.3 is 25.6 Å². The van der Waals surface area contributed by atoms with Crippen molar-refractivity contribution in [1.29, 1.82) is 0 Å². The fourth-order valence-corrected chi connectivity index (χ4v) is 3.95. The predicted molar refractivity (Wildman–Crippen MR) is 131 cm³/mol. The number of aryl methyl sites for hydroxylation is 1. The van der Waals surface area contributed by atoms with E-state index in [0.29, 0.717) is 22.8 Å². The zero-order chi connectivity index (χ0) is 24.8. The number of benzene rings is 2. The van der Waals surface area contributed by atoms with E-state index in [9.17, 15) is 13.6 Å². The maximum absolute atomic E-state index is 12.9. The number of nitrogens with one attached hydrogen (secondary N) is 3. The van der Waals surface area contributed by atoms with Gasteiger partial charge in [0.1, 0.15) is 5.75 Å². The van der Waals surface area contributed by atoms with Crippen LogP contribution in [0, 0.1) is 6.92 Å². The molecule has 8 nitrogen and oxygen atoms in total. The Morgan fingerprint density at radius 1 is 1.11 bits per heavy atom. The van der Waals surface area contributed by atoms with Crippen LogP contribution in [0.1, 0.15) is 21.5 Å². The third-order valence-corrected chi connectivity index (χ3v) is 5.76. The number of hydrogen-bond donors (Lipinski definition) is 3. The van der Waals surface area contributed by atoms with Gasteiger partial charge in [0, 0.05) is 69.0 Å². The first-order chi connectivity index (χ1) is 16.9. The molecule has 184 valence electrons. The van der Waals surface area contributed by atoms with Crippen LogP contribution < -0.4 is 25.6 Å². The summed E-state index contributed by atoms with van der Waals surface area (Å²) in [5, 5.41) is 9.15. The summed E-state index contributed by atoms with van der Waals surface area (Å²) in [4.78, 5) is 23.6. The summed E-state index contributed by atoms with van der Waals surface area (Å²) in [5.74, 6) is 0.506. The zero-order valence-corrected chi connectivity index (χ0v) is 19.6. The number of hydrogen-bond acceptors (Lipinski definition) is 7. The normalized spacial score (nSPS) is 13.6. The van der Waals surface area contributed by atoms with E-state index in [1.54, 1.807) is 37.6 Å². The molecule has 2 heterocycles. The summed E-state index contributed by atoms with van der Waals surface area (Å²) in [7, 11) is 1.55. The summed E-state index contributed by atoms with van der Waals surface area (Å²) in [6.07, 6.45) is 3.52. The molecule has 0 saturated carbocycles. The van der Waals surface area contributed by atoms with Crippen LogP contribution in [0.15, 0.2) is 48.8 Å². The van der Waals surface area contributed by atoms with Gasteiger partial charge in [-0.2, -0.15) is 8.78 Å². The Hall–Kier alpha value is -3.79. The summed E-state index contributed by atoms with van der Waals surface area (Å²) < 4.78 is 30.4. The van der Waals surface area contributed by atoms with E-state index in [-0.39, 0.29) is 18.2 Å². The number of carbonyl (C=O) groups excluding carboxylic acids is 1. The second-order valence-corrected chi connectivity index (χ2v) is 8.19. The van der Waals surface area contributed by atoms with Crippen molar-refractivity contribution in [2.45, 2.75) is 20.1 Å². The van der Waals surface area contributed by atoms with Crippen molar-refractivity contribution in [3.05, 3.63) is 65.5 Å². The van der Waals surface area contributed by atoms with E-state index in [0.717, 1.165) is 42.9 Å². The molecule has 0 unspecified atom stereocenters. The minimum absolute atomic E-state index is 0.0904. The SMILES string of the molecule is CNC(=O)c1ccc(-c2cnc(N3CCNCC3)nc2)cc1NCc1cc(C)ccc1OC(F)F. The largest absolute Gasteiger partial charge is 0.434 e. The lowest BCUT2D eigenvalue weighted by molar-refractivity contribution is -0.0504. The highest BCUT2D eigenvalue weighted by molar-refractivity contribution is 6.00. The van der Waals surface area contributed by atoms with Crippen LogP contribution in [0.25, 0.3) is 11.1 Å². The number of alkyl halides is 2. The number of aromatic nitrogens is 2. The first-order valence-corrected chi connectivity index (χ1v) is 11.4. The molecule has 1 aliphatic heterocycles. The molecule has 0 bridgehead atoms. The van der Waals surface area contributed by atoms with Gasteiger partial charge in [-0.3, -0.25) is 4.79 Å². The van der Waals surface area contributed by atoms with E-state index in [1.807, 2.05) is 19.1 Å². The molecule has 0 atom stereocenters. The molecule has 1 aliphatic rings. The van der Waals surface area contributed by atoms with Gasteiger partial charge in [-0.15, -0.1) is 0 Å². The van der Waals surface area contributed by atoms with E-state index in [4.69, 9.17) is 0 Å². The third kappa shape index (κ3) is 6.02. The van der Waals surface area contributed by atoms with Gasteiger partial charge in [-0.1, -0.05) is 23.8 Å². The van der Waals surface area contributed by atoms with Gasteiger partial charge >= 0.3 is 6.61 Å². The molecule has 1 fully saturated rings. The maximum Gasteiger partial charge on any atom is 0.387 e. The zero-order valence-electron chi connectivity index (χ0n) is 19.6. The fraction of sp³-hybridized carbons (Fsp3) is 0.320. The van der Waals surface area contributed by atoms with Crippen LogP contribution >= 0.6 is 0 Å². The summed E-state index contributed by atoms with van der Waals surface area (Å²) in [5.41, 5.74) is 4.07. The summed E-state index contributed by atoms with van der Waals surface area (Å²) in [6.45, 7) is 2.63. The van der Waals surface area contributed by atoms with E-state index in [2.05, 4.69) is 35.6 Å². The molecule has 1 amide bonds. The van der Waals surface area contributed by atoms with Crippen molar-refractivity contribution >= 4 is 17.5 Å². The highest BCUT2D eigenvalue weighted by Gasteiger charge is 2.16. The molecule has 1 saturated heterocycles. The Morgan fingerprint density at radius 2 is 1.86 bits per heavy atom. The first kappa shape index (κ1) is 24.3. The highest BCUT2D eigenvalue weighted by atomic mass is 19.3. The van der Waals surface area contributed by atoms with Gasteiger partial charge in [0.05, 0.1) is 5.56 Å². The third-order valence-electron chi connectivity index (χ3n) is 5.76. The molecule has 2 aromatic carbocycles. The predicted octanol–water partition coefficient (Wildman–Crippen LogP) is 3.43. The van der Waals surface area contributed by atoms with Crippen LogP contribution in [0.2, 0.25) is 0 Å². The molecular weight excluding hydrogens is 454 g/mol. The standard InChI is InChI=1S/C25H28F2N6O2/c1-16-3-6-22(35-24(26)27)18(11-16)13-30-21-12-17(4-5-20(21)23(34)28-2)19-14-31-25(32-15-19)33-9-7-29-8-10-33/h3-6,11-12,14-15,24,29-30H,7-10,13H2,1-2H3,(H,28,34). The van der Waals surface area contributed by atoms with Crippen molar-refractivity contribution in [3.63, 3.8) is 0 Å². The molecular formula is C25H28F2N6O2. The summed E-state index contributed by atoms with van der Waals surface area (Å²) >= 11 is 0. The van der Waals surface area contributed by atoms with E-state index < -0.39 is 6.61 Å². The Bertz CT molecular complexity index is 1170. The minimum atomic E-state index is -2.93. The van der Waals surface area contributed by atoms with E-state index in [1.165, 1.54) is 6.07 Å². The molecule has 3 aromatic rings. The number of anilines is 2. The van der Waals surface area contributed by atoms with Crippen LogP contribution in [-0.4, -0.2) is 55.7 Å². The van der Waals surface area contributed by atoms with Gasteiger partial charge in [-0.25, -0.2) is 9.97 Å². The average molecular weight is 483 g/mol. The number of carbonyl (C=O) groups is 1. The van der Waals surface area contributed by atoms with Crippen molar-refractivity contribution in [2.24, 2.45) is 0 Å². The Morgan fingerprint density at radius 3 is 2.54 bits per heavy atom. The molecule has 35 heavy (non-hydrogen) atoms. The van der Waals surface area contributed by atoms with Gasteiger partial charge in [0.25, 0.3) is 5.91 Å². The molecule has 0 spiro atoms. The molecule has 0 aliphatic carbocycles. The Balaban J connectivity index is 1.59. The number of ether oxygens (including phenoxy) is 1. The van der Waals surface area contributed by atoms with Crippen molar-refractivity contribution in [2.75, 3.05) is 43.4 Å². The van der Waals surface area contributed by atoms with Crippen LogP contribution in [-0.2, 0) is 6.54 Å². The lowest BCUT2D eigenvalue weighted by atomic mass is 10.0. The molecule has 10 heteroatoms. The Labute approximate surface area is 202 Å². The first-order valence-electron chi connectivity index (χ1n) is 11.4. The molecule has 4 rings (SSSR count). The maximum atomic E-state index is 12.9. The van der Waals surface area contributed by atoms with E-state index >= 15 is 0 Å². The second-order valence-electron chi connectivity index (χ2n) is 8.19. The highest BCUT2D eigenvalue weighted by Crippen LogP contribution is 2.28. The lowest BCUT2D eigenvalue weighted by Gasteiger charge is -2.27. The van der Waals surface area contributed by atoms with Gasteiger partial charge in [0.2, 0.25) is 5.95 Å². The second kappa shape index (κ2) is 11.1. The average Bonchev–Trinajstić information content (AvgIpc) is 2.88. The van der Waals surface area contributed by atoms with Gasteiger partial charge in [0.15, 0.2) is 0 Å². The van der Waals surface area contributed by atoms with Gasteiger partial charge in [-0.05, 0) is 30.7 Å². The van der Waals surface area contributed by atoms with Crippen molar-refractivity contribution < 1.29 is 18.3 Å². The number of amides is 1. The van der Waals surface area contributed by atoms with Crippen molar-refractivity contribution in [3.8, 4) is 16.9 Å². The Kier molecular flexibility index (Phi) is 7.71. The number of nitrogens with zero attached hydrogens (tertiary/aromatic N) is 3. The molecule has 0 radical (unpaired) electrons. The number of halogens is 2. The smallest absolute Gasteiger partial charge is 0.387 e. The van der Waals surface area contributed by atoms with Crippen LogP contribution in [0.4, 0.5) is 20.4 Å². The lowest BCUT2D eigenvalue weighted by Crippen LogP contribution is -2.44. The van der Waals surface area contributed by atoms with Crippen LogP contribution in [0.3, 0.4) is 0 Å². The van der Waals surface area contributed by atoms with Crippen molar-refractivity contribution in [1.82, 2.24) is 20.6 Å². The van der Waals surface area contributed by atoms with Crippen LogP contribution in [0.5, 0.6) is 5.75 Å². The topological polar surface area (TPSA) is 91.4 Å². The summed E-state index contributed by atoms with van der Waals surface area (Å²) in [6, 6.07) is 10.4. The number of piperazine rings is 1. The number of rotatable bonds is 8.